The van der Waals surface area contributed by atoms with E-state index in [1.807, 2.05) is 29.6 Å². The summed E-state index contributed by atoms with van der Waals surface area (Å²) in [6.07, 6.45) is 1.40. The number of hydrogen-bond donors (Lipinski definition) is 1. The second kappa shape index (κ2) is 5.67. The highest BCUT2D eigenvalue weighted by Gasteiger charge is 1.98. The fourth-order valence-corrected chi connectivity index (χ4v) is 2.10. The Labute approximate surface area is 109 Å². The summed E-state index contributed by atoms with van der Waals surface area (Å²) in [5.41, 5.74) is 3.23. The second-order valence-electron chi connectivity index (χ2n) is 3.52. The number of allylic oxidation sites excluding steroid dienone is 1. The molecular formula is C14H9N3S. The van der Waals surface area contributed by atoms with Gasteiger partial charge in [-0.15, -0.1) is 0 Å². The van der Waals surface area contributed by atoms with E-state index in [0.29, 0.717) is 0 Å². The highest BCUT2D eigenvalue weighted by molar-refractivity contribution is 7.08. The molecule has 0 spiro atoms. The number of nitrogens with one attached hydrogen (secondary N) is 1. The molecule has 1 N–H and O–H groups in total. The fraction of sp³-hybridized carbons (Fsp3) is 0. The van der Waals surface area contributed by atoms with Crippen LogP contribution in [-0.4, -0.2) is 0 Å². The number of nitrogens with zero attached hydrogens (tertiary/aromatic N) is 2. The maximum atomic E-state index is 8.59. The fourth-order valence-electron chi connectivity index (χ4n) is 1.43. The number of anilines is 1. The van der Waals surface area contributed by atoms with Crippen LogP contribution in [0.3, 0.4) is 0 Å². The summed E-state index contributed by atoms with van der Waals surface area (Å²) in [5, 5.41) is 24.2. The number of nitriles is 2. The van der Waals surface area contributed by atoms with Gasteiger partial charge in [0.1, 0.15) is 17.7 Å². The molecule has 0 amide bonds. The van der Waals surface area contributed by atoms with Gasteiger partial charge in [0.15, 0.2) is 0 Å². The predicted molar refractivity (Wildman–Crippen MR) is 72.7 cm³/mol. The average molecular weight is 251 g/mol. The van der Waals surface area contributed by atoms with Gasteiger partial charge in [0.25, 0.3) is 0 Å². The largest absolute Gasteiger partial charge is 0.360 e. The molecule has 1 aromatic carbocycles. The molecular weight excluding hydrogens is 242 g/mol. The zero-order chi connectivity index (χ0) is 12.8. The van der Waals surface area contributed by atoms with Crippen LogP contribution in [0.1, 0.15) is 0 Å². The molecule has 1 heterocycles. The summed E-state index contributed by atoms with van der Waals surface area (Å²) < 4.78 is 0. The Morgan fingerprint density at radius 2 is 1.78 bits per heavy atom. The third-order valence-corrected chi connectivity index (χ3v) is 3.05. The van der Waals surface area contributed by atoms with E-state index >= 15 is 0 Å². The molecule has 1 aromatic heterocycles. The van der Waals surface area contributed by atoms with Gasteiger partial charge in [-0.25, -0.2) is 0 Å². The summed E-state index contributed by atoms with van der Waals surface area (Å²) >= 11 is 1.66. The van der Waals surface area contributed by atoms with Crippen molar-refractivity contribution in [2.45, 2.75) is 0 Å². The van der Waals surface area contributed by atoms with E-state index in [4.69, 9.17) is 10.5 Å². The Kier molecular flexibility index (Phi) is 3.76. The van der Waals surface area contributed by atoms with Crippen LogP contribution in [-0.2, 0) is 0 Å². The molecule has 2 aromatic rings. The van der Waals surface area contributed by atoms with Crippen LogP contribution >= 0.6 is 11.3 Å². The minimum atomic E-state index is 0.0527. The molecule has 2 rings (SSSR count). The van der Waals surface area contributed by atoms with Crippen LogP contribution < -0.4 is 5.32 Å². The van der Waals surface area contributed by atoms with Crippen molar-refractivity contribution in [3.8, 4) is 23.3 Å². The van der Waals surface area contributed by atoms with E-state index in [2.05, 4.69) is 16.8 Å². The molecule has 0 fully saturated rings. The number of rotatable bonds is 3. The van der Waals surface area contributed by atoms with Gasteiger partial charge >= 0.3 is 0 Å². The van der Waals surface area contributed by atoms with Crippen molar-refractivity contribution in [3.05, 3.63) is 52.9 Å². The smallest absolute Gasteiger partial charge is 0.145 e. The maximum Gasteiger partial charge on any atom is 0.145 e. The lowest BCUT2D eigenvalue weighted by molar-refractivity contribution is 1.44. The summed E-state index contributed by atoms with van der Waals surface area (Å²) in [7, 11) is 0. The van der Waals surface area contributed by atoms with Gasteiger partial charge in [-0.1, -0.05) is 12.1 Å². The van der Waals surface area contributed by atoms with Crippen molar-refractivity contribution in [1.29, 1.82) is 10.5 Å². The standard InChI is InChI=1S/C14H9N3S/c15-7-11(8-16)9-17-14-3-1-12(2-4-14)13-5-6-18-10-13/h1-6,9-10,17H. The minimum Gasteiger partial charge on any atom is -0.360 e. The lowest BCUT2D eigenvalue weighted by Gasteiger charge is -2.02. The Morgan fingerprint density at radius 1 is 1.06 bits per heavy atom. The van der Waals surface area contributed by atoms with Crippen LogP contribution in [0.5, 0.6) is 0 Å². The SMILES string of the molecule is N#CC(C#N)=CNc1ccc(-c2ccsc2)cc1. The van der Waals surface area contributed by atoms with Crippen LogP contribution in [0, 0.1) is 22.7 Å². The normalized spacial score (nSPS) is 9.00. The zero-order valence-electron chi connectivity index (χ0n) is 9.42. The molecule has 0 atom stereocenters. The van der Waals surface area contributed by atoms with Gasteiger partial charge in [-0.2, -0.15) is 21.9 Å². The summed E-state index contributed by atoms with van der Waals surface area (Å²) in [4.78, 5) is 0. The second-order valence-corrected chi connectivity index (χ2v) is 4.30. The van der Waals surface area contributed by atoms with Gasteiger partial charge in [-0.05, 0) is 40.1 Å². The topological polar surface area (TPSA) is 59.6 Å². The molecule has 0 aliphatic rings. The minimum absolute atomic E-state index is 0.0527. The average Bonchev–Trinajstić information content (AvgIpc) is 2.94. The first-order valence-electron chi connectivity index (χ1n) is 5.23. The van der Waals surface area contributed by atoms with E-state index in [0.717, 1.165) is 11.3 Å². The Bertz CT molecular complexity index is 609. The van der Waals surface area contributed by atoms with Crippen molar-refractivity contribution in [2.24, 2.45) is 0 Å². The monoisotopic (exact) mass is 251 g/mol. The maximum absolute atomic E-state index is 8.59. The number of benzene rings is 1. The van der Waals surface area contributed by atoms with Crippen molar-refractivity contribution < 1.29 is 0 Å². The van der Waals surface area contributed by atoms with Crippen molar-refractivity contribution in [2.75, 3.05) is 5.32 Å². The molecule has 0 radical (unpaired) electrons. The van der Waals surface area contributed by atoms with Crippen LogP contribution in [0.4, 0.5) is 5.69 Å². The van der Waals surface area contributed by atoms with Crippen molar-refractivity contribution in [1.82, 2.24) is 0 Å². The Balaban J connectivity index is 2.12. The molecule has 0 aliphatic carbocycles. The van der Waals surface area contributed by atoms with E-state index in [-0.39, 0.29) is 5.57 Å². The van der Waals surface area contributed by atoms with Gasteiger partial charge in [0.05, 0.1) is 0 Å². The molecule has 86 valence electrons. The zero-order valence-corrected chi connectivity index (χ0v) is 10.2. The van der Waals surface area contributed by atoms with Gasteiger partial charge in [0, 0.05) is 11.9 Å². The third kappa shape index (κ3) is 2.76. The lowest BCUT2D eigenvalue weighted by Crippen LogP contribution is -1.89. The highest BCUT2D eigenvalue weighted by Crippen LogP contribution is 2.23. The van der Waals surface area contributed by atoms with Crippen molar-refractivity contribution in [3.63, 3.8) is 0 Å². The first kappa shape index (κ1) is 11.9. The molecule has 0 unspecified atom stereocenters. The molecule has 0 aliphatic heterocycles. The summed E-state index contributed by atoms with van der Waals surface area (Å²) in [5.74, 6) is 0. The Morgan fingerprint density at radius 3 is 2.33 bits per heavy atom. The highest BCUT2D eigenvalue weighted by atomic mass is 32.1. The number of thiophene rings is 1. The van der Waals surface area contributed by atoms with E-state index in [9.17, 15) is 0 Å². The van der Waals surface area contributed by atoms with E-state index in [1.165, 1.54) is 11.8 Å². The molecule has 0 bridgehead atoms. The van der Waals surface area contributed by atoms with Crippen LogP contribution in [0.2, 0.25) is 0 Å². The van der Waals surface area contributed by atoms with E-state index < -0.39 is 0 Å². The molecule has 0 saturated heterocycles. The molecule has 18 heavy (non-hydrogen) atoms. The molecule has 3 nitrogen and oxygen atoms in total. The van der Waals surface area contributed by atoms with Crippen molar-refractivity contribution >= 4 is 17.0 Å². The first-order valence-corrected chi connectivity index (χ1v) is 6.17. The quantitative estimate of drug-likeness (QED) is 0.845. The van der Waals surface area contributed by atoms with E-state index in [1.54, 1.807) is 23.5 Å². The predicted octanol–water partition coefficient (Wildman–Crippen LogP) is 3.76. The first-order chi connectivity index (χ1) is 8.83. The summed E-state index contributed by atoms with van der Waals surface area (Å²) in [6.45, 7) is 0. The number of hydrogen-bond acceptors (Lipinski definition) is 4. The van der Waals surface area contributed by atoms with Gasteiger partial charge in [0.2, 0.25) is 0 Å². The third-order valence-electron chi connectivity index (χ3n) is 2.36. The van der Waals surface area contributed by atoms with Gasteiger partial charge < -0.3 is 5.32 Å². The lowest BCUT2D eigenvalue weighted by atomic mass is 10.1. The van der Waals surface area contributed by atoms with Gasteiger partial charge in [-0.3, -0.25) is 0 Å². The van der Waals surface area contributed by atoms with Crippen LogP contribution in [0.25, 0.3) is 11.1 Å². The van der Waals surface area contributed by atoms with Crippen LogP contribution in [0.15, 0.2) is 52.9 Å². The molecule has 0 saturated carbocycles. The Hall–Kier alpha value is -2.56. The summed E-state index contributed by atoms with van der Waals surface area (Å²) in [6, 6.07) is 13.5. The molecule has 4 heteroatoms.